The molecule has 8 heteroatoms. The van der Waals surface area contributed by atoms with Gasteiger partial charge >= 0.3 is 0 Å². The van der Waals surface area contributed by atoms with Crippen LogP contribution < -0.4 is 16.6 Å². The molecular formula is C17H27N5O3. The standard InChI is InChI=1S/C17H27N5O3/c1-10(2)13-6-21(8-15(18)23)7-14(13)19-16(24)9-22-17(25)5-11(3)12(4)20-22/h5,10,13-14H,6-9H2,1-4H3,(H2,18,23)(H,19,24)/t13-,14+/m1/s1. The molecule has 1 aromatic heterocycles. The number of nitrogens with two attached hydrogens (primary N) is 1. The van der Waals surface area contributed by atoms with Crippen molar-refractivity contribution in [1.82, 2.24) is 20.0 Å². The number of nitrogens with zero attached hydrogens (tertiary/aromatic N) is 3. The average Bonchev–Trinajstić information content (AvgIpc) is 2.86. The molecule has 8 nitrogen and oxygen atoms in total. The second-order valence-electron chi connectivity index (χ2n) is 7.15. The lowest BCUT2D eigenvalue weighted by molar-refractivity contribution is -0.122. The number of likely N-dealkylation sites (tertiary alicyclic amines) is 1. The predicted molar refractivity (Wildman–Crippen MR) is 93.9 cm³/mol. The summed E-state index contributed by atoms with van der Waals surface area (Å²) in [7, 11) is 0. The van der Waals surface area contributed by atoms with Gasteiger partial charge in [-0.3, -0.25) is 19.3 Å². The van der Waals surface area contributed by atoms with E-state index in [2.05, 4.69) is 24.3 Å². The molecule has 0 aliphatic carbocycles. The zero-order valence-electron chi connectivity index (χ0n) is 15.3. The molecule has 1 aliphatic heterocycles. The third-order valence-electron chi connectivity index (χ3n) is 4.75. The number of rotatable bonds is 6. The Morgan fingerprint density at radius 3 is 2.60 bits per heavy atom. The van der Waals surface area contributed by atoms with Gasteiger partial charge in [0.2, 0.25) is 11.8 Å². The number of aromatic nitrogens is 2. The predicted octanol–water partition coefficient (Wildman–Crippen LogP) is -0.582. The Morgan fingerprint density at radius 2 is 2.00 bits per heavy atom. The largest absolute Gasteiger partial charge is 0.369 e. The van der Waals surface area contributed by atoms with Crippen LogP contribution in [0.4, 0.5) is 0 Å². The van der Waals surface area contributed by atoms with E-state index < -0.39 is 0 Å². The molecule has 1 aromatic rings. The van der Waals surface area contributed by atoms with Crippen molar-refractivity contribution in [2.24, 2.45) is 17.6 Å². The first kappa shape index (κ1) is 19.1. The van der Waals surface area contributed by atoms with Crippen LogP contribution in [0, 0.1) is 25.7 Å². The monoisotopic (exact) mass is 349 g/mol. The molecule has 1 aliphatic rings. The lowest BCUT2D eigenvalue weighted by Crippen LogP contribution is -2.45. The highest BCUT2D eigenvalue weighted by Crippen LogP contribution is 2.24. The number of amides is 2. The van der Waals surface area contributed by atoms with Crippen molar-refractivity contribution in [2.75, 3.05) is 19.6 Å². The summed E-state index contributed by atoms with van der Waals surface area (Å²) in [6.07, 6.45) is 0. The smallest absolute Gasteiger partial charge is 0.267 e. The van der Waals surface area contributed by atoms with E-state index >= 15 is 0 Å². The van der Waals surface area contributed by atoms with E-state index in [1.807, 2.05) is 11.8 Å². The van der Waals surface area contributed by atoms with Crippen molar-refractivity contribution in [3.63, 3.8) is 0 Å². The minimum absolute atomic E-state index is 0.0749. The first-order valence-electron chi connectivity index (χ1n) is 8.52. The Labute approximate surface area is 147 Å². The Balaban J connectivity index is 2.04. The lowest BCUT2D eigenvalue weighted by atomic mass is 9.91. The van der Waals surface area contributed by atoms with E-state index in [1.54, 1.807) is 6.92 Å². The Hall–Kier alpha value is -2.22. The molecule has 0 saturated carbocycles. The molecule has 2 heterocycles. The normalized spacial score (nSPS) is 20.8. The second kappa shape index (κ2) is 7.77. The minimum Gasteiger partial charge on any atom is -0.369 e. The molecule has 0 bridgehead atoms. The van der Waals surface area contributed by atoms with Crippen molar-refractivity contribution in [2.45, 2.75) is 40.3 Å². The van der Waals surface area contributed by atoms with E-state index in [4.69, 9.17) is 5.73 Å². The van der Waals surface area contributed by atoms with Crippen LogP contribution in [0.1, 0.15) is 25.1 Å². The highest BCUT2D eigenvalue weighted by Gasteiger charge is 2.35. The van der Waals surface area contributed by atoms with E-state index in [1.165, 1.54) is 10.7 Å². The van der Waals surface area contributed by atoms with Gasteiger partial charge in [0, 0.05) is 25.2 Å². The summed E-state index contributed by atoms with van der Waals surface area (Å²) >= 11 is 0. The van der Waals surface area contributed by atoms with Crippen molar-refractivity contribution in [1.29, 1.82) is 0 Å². The maximum absolute atomic E-state index is 12.4. The van der Waals surface area contributed by atoms with Gasteiger partial charge in [0.05, 0.1) is 12.2 Å². The van der Waals surface area contributed by atoms with Gasteiger partial charge in [0.1, 0.15) is 6.54 Å². The molecule has 2 amide bonds. The van der Waals surface area contributed by atoms with Gasteiger partial charge in [0.25, 0.3) is 5.56 Å². The minimum atomic E-state index is -0.375. The number of carbonyl (C=O) groups is 2. The fourth-order valence-corrected chi connectivity index (χ4v) is 3.27. The van der Waals surface area contributed by atoms with Gasteiger partial charge in [-0.2, -0.15) is 5.10 Å². The van der Waals surface area contributed by atoms with E-state index in [9.17, 15) is 14.4 Å². The number of nitrogens with one attached hydrogen (secondary N) is 1. The second-order valence-corrected chi connectivity index (χ2v) is 7.15. The van der Waals surface area contributed by atoms with Gasteiger partial charge in [-0.15, -0.1) is 0 Å². The van der Waals surface area contributed by atoms with Crippen molar-refractivity contribution in [3.8, 4) is 0 Å². The van der Waals surface area contributed by atoms with Crippen LogP contribution in [-0.2, 0) is 16.1 Å². The van der Waals surface area contributed by atoms with Crippen LogP contribution in [0.2, 0.25) is 0 Å². The number of carbonyl (C=O) groups excluding carboxylic acids is 2. The fraction of sp³-hybridized carbons (Fsp3) is 0.647. The van der Waals surface area contributed by atoms with E-state index in [0.717, 1.165) is 11.3 Å². The molecule has 0 unspecified atom stereocenters. The summed E-state index contributed by atoms with van der Waals surface area (Å²) in [5.41, 5.74) is 6.51. The van der Waals surface area contributed by atoms with Gasteiger partial charge in [-0.1, -0.05) is 13.8 Å². The lowest BCUT2D eigenvalue weighted by Gasteiger charge is -2.23. The zero-order chi connectivity index (χ0) is 18.7. The first-order valence-corrected chi connectivity index (χ1v) is 8.52. The summed E-state index contributed by atoms with van der Waals surface area (Å²) in [5, 5.41) is 7.16. The molecule has 2 atom stereocenters. The van der Waals surface area contributed by atoms with Gasteiger partial charge in [0.15, 0.2) is 0 Å². The average molecular weight is 349 g/mol. The van der Waals surface area contributed by atoms with Gasteiger partial charge in [-0.25, -0.2) is 4.68 Å². The van der Waals surface area contributed by atoms with Crippen LogP contribution >= 0.6 is 0 Å². The van der Waals surface area contributed by atoms with Crippen LogP contribution in [0.5, 0.6) is 0 Å². The number of aryl methyl sites for hydroxylation is 2. The van der Waals surface area contributed by atoms with E-state index in [0.29, 0.717) is 19.0 Å². The summed E-state index contributed by atoms with van der Waals surface area (Å²) in [4.78, 5) is 37.5. The van der Waals surface area contributed by atoms with Crippen LogP contribution in [0.15, 0.2) is 10.9 Å². The Kier molecular flexibility index (Phi) is 5.94. The molecule has 0 aromatic carbocycles. The third-order valence-corrected chi connectivity index (χ3v) is 4.75. The Bertz CT molecular complexity index is 713. The summed E-state index contributed by atoms with van der Waals surface area (Å²) in [5.74, 6) is -0.0480. The van der Waals surface area contributed by atoms with Crippen LogP contribution in [0.3, 0.4) is 0 Å². The summed E-state index contributed by atoms with van der Waals surface area (Å²) < 4.78 is 1.18. The highest BCUT2D eigenvalue weighted by atomic mass is 16.2. The summed E-state index contributed by atoms with van der Waals surface area (Å²) in [6.45, 7) is 9.16. The topological polar surface area (TPSA) is 110 Å². The van der Waals surface area contributed by atoms with Crippen molar-refractivity contribution in [3.05, 3.63) is 27.7 Å². The summed E-state index contributed by atoms with van der Waals surface area (Å²) in [6, 6.07) is 1.41. The number of hydrogen-bond acceptors (Lipinski definition) is 5. The molecule has 3 N–H and O–H groups in total. The van der Waals surface area contributed by atoms with Crippen molar-refractivity contribution < 1.29 is 9.59 Å². The van der Waals surface area contributed by atoms with Gasteiger partial charge in [-0.05, 0) is 31.2 Å². The molecule has 1 saturated heterocycles. The molecule has 1 fully saturated rings. The number of primary amides is 1. The first-order chi connectivity index (χ1) is 11.7. The molecule has 2 rings (SSSR count). The Morgan fingerprint density at radius 1 is 1.32 bits per heavy atom. The van der Waals surface area contributed by atoms with Crippen LogP contribution in [-0.4, -0.2) is 52.2 Å². The number of hydrogen-bond donors (Lipinski definition) is 2. The fourth-order valence-electron chi connectivity index (χ4n) is 3.27. The molecule has 138 valence electrons. The van der Waals surface area contributed by atoms with Gasteiger partial charge < -0.3 is 11.1 Å². The third kappa shape index (κ3) is 4.88. The molecule has 0 spiro atoms. The SMILES string of the molecule is Cc1cc(=O)n(CC(=O)N[C@H]2CN(CC(N)=O)C[C@@H]2C(C)C)nc1C. The maximum atomic E-state index is 12.4. The van der Waals surface area contributed by atoms with Crippen LogP contribution in [0.25, 0.3) is 0 Å². The van der Waals surface area contributed by atoms with E-state index in [-0.39, 0.29) is 42.4 Å². The highest BCUT2D eigenvalue weighted by molar-refractivity contribution is 5.77. The molecule has 0 radical (unpaired) electrons. The van der Waals surface area contributed by atoms with Crippen molar-refractivity contribution >= 4 is 11.8 Å². The maximum Gasteiger partial charge on any atom is 0.267 e. The molecule has 25 heavy (non-hydrogen) atoms. The molecular weight excluding hydrogens is 322 g/mol. The zero-order valence-corrected chi connectivity index (χ0v) is 15.3. The quantitative estimate of drug-likeness (QED) is 0.714.